The number of rotatable bonds is 2. The van der Waals surface area contributed by atoms with Crippen molar-refractivity contribution in [3.8, 4) is 10.6 Å². The Morgan fingerprint density at radius 3 is 3.00 bits per heavy atom. The molecule has 2 aromatic rings. The highest BCUT2D eigenvalue weighted by molar-refractivity contribution is 7.13. The van der Waals surface area contributed by atoms with Crippen molar-refractivity contribution >= 4 is 11.3 Å². The fourth-order valence-electron chi connectivity index (χ4n) is 1.11. The number of nitrogens with zero attached hydrogens (tertiary/aromatic N) is 1. The predicted octanol–water partition coefficient (Wildman–Crippen LogP) is 2.20. The van der Waals surface area contributed by atoms with Crippen LogP contribution >= 0.6 is 11.3 Å². The number of aliphatic hydroxyl groups excluding tert-OH is 1. The molecule has 0 aliphatic heterocycles. The van der Waals surface area contributed by atoms with Crippen LogP contribution in [0.3, 0.4) is 0 Å². The van der Waals surface area contributed by atoms with Crippen molar-refractivity contribution in [1.29, 1.82) is 0 Å². The summed E-state index contributed by atoms with van der Waals surface area (Å²) >= 11 is 1.51. The molecule has 0 fully saturated rings. The van der Waals surface area contributed by atoms with Crippen molar-refractivity contribution < 1.29 is 9.52 Å². The Labute approximate surface area is 79.7 Å². The summed E-state index contributed by atoms with van der Waals surface area (Å²) in [5.74, 6) is 0.860. The van der Waals surface area contributed by atoms with Crippen molar-refractivity contribution in [2.45, 2.75) is 13.5 Å². The highest BCUT2D eigenvalue weighted by Crippen LogP contribution is 2.27. The van der Waals surface area contributed by atoms with E-state index in [0.29, 0.717) is 5.69 Å². The lowest BCUT2D eigenvalue weighted by molar-refractivity contribution is 0.278. The first-order valence-electron chi connectivity index (χ1n) is 3.91. The van der Waals surface area contributed by atoms with Gasteiger partial charge < -0.3 is 9.52 Å². The SMILES string of the molecule is Cc1occc1-c1nc(CO)cs1. The van der Waals surface area contributed by atoms with Crippen LogP contribution in [0.25, 0.3) is 10.6 Å². The molecular formula is C9H9NO2S. The molecule has 0 spiro atoms. The zero-order valence-electron chi connectivity index (χ0n) is 7.15. The topological polar surface area (TPSA) is 46.3 Å². The molecule has 0 aliphatic carbocycles. The van der Waals surface area contributed by atoms with Crippen molar-refractivity contribution in [3.05, 3.63) is 29.2 Å². The van der Waals surface area contributed by atoms with Crippen molar-refractivity contribution in [3.63, 3.8) is 0 Å². The normalized spacial score (nSPS) is 10.6. The Balaban J connectivity index is 2.41. The van der Waals surface area contributed by atoms with Gasteiger partial charge in [-0.15, -0.1) is 11.3 Å². The minimum atomic E-state index is -0.00655. The molecule has 2 aromatic heterocycles. The molecule has 0 unspecified atom stereocenters. The van der Waals surface area contributed by atoms with E-state index in [1.54, 1.807) is 6.26 Å². The lowest BCUT2D eigenvalue weighted by Crippen LogP contribution is -1.82. The van der Waals surface area contributed by atoms with Crippen LogP contribution in [0.15, 0.2) is 22.1 Å². The van der Waals surface area contributed by atoms with Gasteiger partial charge in [-0.1, -0.05) is 0 Å². The third kappa shape index (κ3) is 1.50. The number of hydrogen-bond donors (Lipinski definition) is 1. The summed E-state index contributed by atoms with van der Waals surface area (Å²) in [7, 11) is 0. The van der Waals surface area contributed by atoms with E-state index in [-0.39, 0.29) is 6.61 Å². The Morgan fingerprint density at radius 1 is 1.62 bits per heavy atom. The number of thiazole rings is 1. The first kappa shape index (κ1) is 8.47. The summed E-state index contributed by atoms with van der Waals surface area (Å²) in [5, 5.41) is 11.6. The summed E-state index contributed by atoms with van der Waals surface area (Å²) in [6.07, 6.45) is 1.64. The van der Waals surface area contributed by atoms with Crippen molar-refractivity contribution in [2.24, 2.45) is 0 Å². The molecule has 0 radical (unpaired) electrons. The van der Waals surface area contributed by atoms with Crippen LogP contribution in [-0.2, 0) is 6.61 Å². The molecule has 0 saturated carbocycles. The van der Waals surface area contributed by atoms with E-state index >= 15 is 0 Å². The highest BCUT2D eigenvalue weighted by atomic mass is 32.1. The van der Waals surface area contributed by atoms with E-state index in [1.165, 1.54) is 11.3 Å². The maximum Gasteiger partial charge on any atom is 0.127 e. The minimum absolute atomic E-state index is 0.00655. The van der Waals surface area contributed by atoms with Gasteiger partial charge in [-0.05, 0) is 13.0 Å². The van der Waals surface area contributed by atoms with E-state index in [2.05, 4.69) is 4.98 Å². The van der Waals surface area contributed by atoms with Gasteiger partial charge in [0, 0.05) is 5.38 Å². The third-order valence-corrected chi connectivity index (χ3v) is 2.73. The zero-order valence-corrected chi connectivity index (χ0v) is 7.97. The second kappa shape index (κ2) is 3.32. The maximum absolute atomic E-state index is 8.84. The Hall–Kier alpha value is -1.13. The van der Waals surface area contributed by atoms with E-state index in [4.69, 9.17) is 9.52 Å². The molecule has 1 N–H and O–H groups in total. The summed E-state index contributed by atoms with van der Waals surface area (Å²) in [6.45, 7) is 1.89. The van der Waals surface area contributed by atoms with Crippen LogP contribution in [0.1, 0.15) is 11.5 Å². The fraction of sp³-hybridized carbons (Fsp3) is 0.222. The van der Waals surface area contributed by atoms with Gasteiger partial charge in [0.1, 0.15) is 10.8 Å². The maximum atomic E-state index is 8.84. The molecule has 2 rings (SSSR count). The molecular weight excluding hydrogens is 186 g/mol. The minimum Gasteiger partial charge on any atom is -0.469 e. The van der Waals surface area contributed by atoms with Gasteiger partial charge in [0.2, 0.25) is 0 Å². The number of hydrogen-bond acceptors (Lipinski definition) is 4. The van der Waals surface area contributed by atoms with Crippen molar-refractivity contribution in [2.75, 3.05) is 0 Å². The molecule has 0 saturated heterocycles. The molecule has 4 heteroatoms. The molecule has 68 valence electrons. The second-order valence-electron chi connectivity index (χ2n) is 2.69. The summed E-state index contributed by atoms with van der Waals surface area (Å²) in [5.41, 5.74) is 1.71. The van der Waals surface area contributed by atoms with Crippen molar-refractivity contribution in [1.82, 2.24) is 4.98 Å². The molecule has 0 aromatic carbocycles. The standard InChI is InChI=1S/C9H9NO2S/c1-6-8(2-3-12-6)9-10-7(4-11)5-13-9/h2-3,5,11H,4H2,1H3. The third-order valence-electron chi connectivity index (χ3n) is 1.80. The lowest BCUT2D eigenvalue weighted by Gasteiger charge is -1.90. The zero-order chi connectivity index (χ0) is 9.26. The van der Waals surface area contributed by atoms with Crippen LogP contribution in [0.2, 0.25) is 0 Å². The van der Waals surface area contributed by atoms with Gasteiger partial charge >= 0.3 is 0 Å². The van der Waals surface area contributed by atoms with Crippen LogP contribution in [-0.4, -0.2) is 10.1 Å². The smallest absolute Gasteiger partial charge is 0.127 e. The molecule has 0 atom stereocenters. The highest BCUT2D eigenvalue weighted by Gasteiger charge is 2.08. The molecule has 3 nitrogen and oxygen atoms in total. The molecule has 2 heterocycles. The Bertz CT molecular complexity index is 405. The summed E-state index contributed by atoms with van der Waals surface area (Å²) in [4.78, 5) is 4.24. The first-order valence-corrected chi connectivity index (χ1v) is 4.79. The quantitative estimate of drug-likeness (QED) is 0.799. The number of aromatic nitrogens is 1. The summed E-state index contributed by atoms with van der Waals surface area (Å²) < 4.78 is 5.17. The second-order valence-corrected chi connectivity index (χ2v) is 3.55. The number of aryl methyl sites for hydroxylation is 1. The van der Waals surface area contributed by atoms with Gasteiger partial charge in [-0.3, -0.25) is 0 Å². The van der Waals surface area contributed by atoms with Crippen LogP contribution in [0.5, 0.6) is 0 Å². The Kier molecular flexibility index (Phi) is 2.16. The van der Waals surface area contributed by atoms with Crippen LogP contribution in [0, 0.1) is 6.92 Å². The van der Waals surface area contributed by atoms with E-state index in [9.17, 15) is 0 Å². The van der Waals surface area contributed by atoms with Gasteiger partial charge in [0.15, 0.2) is 0 Å². The van der Waals surface area contributed by atoms with E-state index < -0.39 is 0 Å². The van der Waals surface area contributed by atoms with Gasteiger partial charge in [-0.2, -0.15) is 0 Å². The molecule has 0 bridgehead atoms. The average molecular weight is 195 g/mol. The molecule has 0 aliphatic rings. The van der Waals surface area contributed by atoms with E-state index in [0.717, 1.165) is 16.3 Å². The largest absolute Gasteiger partial charge is 0.469 e. The predicted molar refractivity (Wildman–Crippen MR) is 50.5 cm³/mol. The monoisotopic (exact) mass is 195 g/mol. The number of aliphatic hydroxyl groups is 1. The number of furan rings is 1. The van der Waals surface area contributed by atoms with Gasteiger partial charge in [0.25, 0.3) is 0 Å². The fourth-order valence-corrected chi connectivity index (χ4v) is 1.99. The van der Waals surface area contributed by atoms with Crippen LogP contribution < -0.4 is 0 Å². The lowest BCUT2D eigenvalue weighted by atomic mass is 10.3. The van der Waals surface area contributed by atoms with Crippen LogP contribution in [0.4, 0.5) is 0 Å². The summed E-state index contributed by atoms with van der Waals surface area (Å²) in [6, 6.07) is 1.88. The van der Waals surface area contributed by atoms with Gasteiger partial charge in [0.05, 0.1) is 24.1 Å². The Morgan fingerprint density at radius 2 is 2.46 bits per heavy atom. The average Bonchev–Trinajstić information content (AvgIpc) is 2.71. The molecule has 13 heavy (non-hydrogen) atoms. The first-order chi connectivity index (χ1) is 6.31. The van der Waals surface area contributed by atoms with Gasteiger partial charge in [-0.25, -0.2) is 4.98 Å². The molecule has 0 amide bonds. The van der Waals surface area contributed by atoms with E-state index in [1.807, 2.05) is 18.4 Å².